The number of halogens is 2. The zero-order valence-electron chi connectivity index (χ0n) is 14.0. The van der Waals surface area contributed by atoms with Crippen LogP contribution in [0.2, 0.25) is 10.0 Å². The number of thiophene rings is 1. The molecule has 0 saturated carbocycles. The van der Waals surface area contributed by atoms with Crippen molar-refractivity contribution >= 4 is 40.4 Å². The van der Waals surface area contributed by atoms with Crippen LogP contribution in [0.15, 0.2) is 41.8 Å². The van der Waals surface area contributed by atoms with Crippen LogP contribution in [0, 0.1) is 0 Å². The van der Waals surface area contributed by atoms with Crippen LogP contribution in [0.4, 0.5) is 0 Å². The molecule has 1 amide bonds. The maximum Gasteiger partial charge on any atom is 0.270 e. The first kappa shape index (κ1) is 18.9. The number of rotatable bonds is 7. The lowest BCUT2D eigenvalue weighted by Crippen LogP contribution is -2.27. The third-order valence-electron chi connectivity index (χ3n) is 3.67. The fourth-order valence-electron chi connectivity index (χ4n) is 2.41. The van der Waals surface area contributed by atoms with E-state index in [1.165, 1.54) is 0 Å². The van der Waals surface area contributed by atoms with Gasteiger partial charge in [0.1, 0.15) is 11.4 Å². The summed E-state index contributed by atoms with van der Waals surface area (Å²) in [6.45, 7) is 1.11. The molecule has 1 N–H and O–H groups in total. The minimum atomic E-state index is -0.206. The second kappa shape index (κ2) is 8.68. The molecular weight excluding hydrogens is 393 g/mol. The van der Waals surface area contributed by atoms with E-state index >= 15 is 0 Å². The average molecular weight is 410 g/mol. The van der Waals surface area contributed by atoms with E-state index in [0.29, 0.717) is 34.6 Å². The van der Waals surface area contributed by atoms with Gasteiger partial charge in [-0.25, -0.2) is 4.68 Å². The monoisotopic (exact) mass is 409 g/mol. The average Bonchev–Trinajstić information content (AvgIpc) is 3.30. The van der Waals surface area contributed by atoms with Crippen LogP contribution in [0.3, 0.4) is 0 Å². The van der Waals surface area contributed by atoms with Gasteiger partial charge in [0.2, 0.25) is 0 Å². The molecular formula is C18H17Cl2N3O2S. The summed E-state index contributed by atoms with van der Waals surface area (Å²) in [6.07, 6.45) is 0.737. The third kappa shape index (κ3) is 4.27. The molecule has 2 heterocycles. The Morgan fingerprint density at radius 2 is 2.12 bits per heavy atom. The summed E-state index contributed by atoms with van der Waals surface area (Å²) < 4.78 is 6.59. The molecule has 3 aromatic rings. The Bertz CT molecular complexity index is 894. The predicted molar refractivity (Wildman–Crippen MR) is 106 cm³/mol. The molecule has 0 spiro atoms. The van der Waals surface area contributed by atoms with Crippen molar-refractivity contribution in [1.29, 1.82) is 0 Å². The molecule has 0 fully saturated rings. The molecule has 0 saturated heterocycles. The number of methoxy groups -OCH3 is 1. The van der Waals surface area contributed by atoms with Crippen molar-refractivity contribution in [3.05, 3.63) is 57.5 Å². The van der Waals surface area contributed by atoms with E-state index in [2.05, 4.69) is 10.4 Å². The van der Waals surface area contributed by atoms with Crippen molar-refractivity contribution in [2.24, 2.45) is 0 Å². The van der Waals surface area contributed by atoms with Crippen molar-refractivity contribution < 1.29 is 9.53 Å². The largest absolute Gasteiger partial charge is 0.385 e. The summed E-state index contributed by atoms with van der Waals surface area (Å²) in [5.41, 5.74) is 1.83. The molecule has 2 aromatic heterocycles. The van der Waals surface area contributed by atoms with E-state index in [-0.39, 0.29) is 5.91 Å². The lowest BCUT2D eigenvalue weighted by atomic mass is 10.2. The van der Waals surface area contributed by atoms with Crippen LogP contribution in [0.25, 0.3) is 16.3 Å². The number of carbonyl (C=O) groups excluding carboxylic acids is 1. The van der Waals surface area contributed by atoms with Gasteiger partial charge in [-0.15, -0.1) is 11.3 Å². The highest BCUT2D eigenvalue weighted by atomic mass is 35.5. The van der Waals surface area contributed by atoms with Gasteiger partial charge in [0.25, 0.3) is 5.91 Å². The Balaban J connectivity index is 1.95. The lowest BCUT2D eigenvalue weighted by Gasteiger charge is -2.09. The van der Waals surface area contributed by atoms with Crippen LogP contribution < -0.4 is 5.32 Å². The van der Waals surface area contributed by atoms with E-state index in [4.69, 9.17) is 27.9 Å². The summed E-state index contributed by atoms with van der Waals surface area (Å²) in [5, 5.41) is 10.3. The molecule has 26 heavy (non-hydrogen) atoms. The molecule has 3 rings (SSSR count). The Hall–Kier alpha value is -1.86. The molecule has 0 unspecified atom stereocenters. The Morgan fingerprint density at radius 1 is 1.27 bits per heavy atom. The van der Waals surface area contributed by atoms with E-state index < -0.39 is 0 Å². The minimum Gasteiger partial charge on any atom is -0.385 e. The number of carbonyl (C=O) groups is 1. The van der Waals surface area contributed by atoms with Crippen molar-refractivity contribution in [3.63, 3.8) is 0 Å². The number of aromatic nitrogens is 2. The fourth-order valence-corrected chi connectivity index (χ4v) is 3.38. The first-order chi connectivity index (χ1) is 12.6. The van der Waals surface area contributed by atoms with Gasteiger partial charge in [0.05, 0.1) is 20.6 Å². The number of amides is 1. The van der Waals surface area contributed by atoms with E-state index in [0.717, 1.165) is 17.0 Å². The van der Waals surface area contributed by atoms with Crippen molar-refractivity contribution in [2.75, 3.05) is 20.3 Å². The maximum absolute atomic E-state index is 12.7. The number of benzene rings is 1. The summed E-state index contributed by atoms with van der Waals surface area (Å²) in [4.78, 5) is 13.7. The van der Waals surface area contributed by atoms with Crippen LogP contribution in [-0.4, -0.2) is 35.9 Å². The molecule has 0 aliphatic carbocycles. The zero-order chi connectivity index (χ0) is 18.5. The number of nitrogens with one attached hydrogen (secondary N) is 1. The number of hydrogen-bond acceptors (Lipinski definition) is 4. The smallest absolute Gasteiger partial charge is 0.270 e. The van der Waals surface area contributed by atoms with E-state index in [1.807, 2.05) is 17.5 Å². The van der Waals surface area contributed by atoms with Crippen LogP contribution in [0.5, 0.6) is 0 Å². The van der Waals surface area contributed by atoms with Crippen LogP contribution >= 0.6 is 34.5 Å². The van der Waals surface area contributed by atoms with Crippen LogP contribution in [-0.2, 0) is 4.74 Å². The van der Waals surface area contributed by atoms with Gasteiger partial charge in [-0.2, -0.15) is 5.10 Å². The van der Waals surface area contributed by atoms with Gasteiger partial charge in [-0.05, 0) is 42.1 Å². The second-order valence-corrected chi connectivity index (χ2v) is 7.27. The second-order valence-electron chi connectivity index (χ2n) is 5.50. The summed E-state index contributed by atoms with van der Waals surface area (Å²) in [6, 6.07) is 10.8. The topological polar surface area (TPSA) is 56.1 Å². The molecule has 136 valence electrons. The molecule has 8 heteroatoms. The molecule has 0 aliphatic rings. The van der Waals surface area contributed by atoms with Gasteiger partial charge < -0.3 is 10.1 Å². The van der Waals surface area contributed by atoms with Gasteiger partial charge >= 0.3 is 0 Å². The Morgan fingerprint density at radius 3 is 2.81 bits per heavy atom. The molecule has 0 aliphatic heterocycles. The normalized spacial score (nSPS) is 10.9. The molecule has 0 radical (unpaired) electrons. The SMILES string of the molecule is COCCCNC(=O)c1cc(-c2cccs2)nn1-c1ccc(Cl)c(Cl)c1. The molecule has 0 atom stereocenters. The number of hydrogen-bond donors (Lipinski definition) is 1. The lowest BCUT2D eigenvalue weighted by molar-refractivity contribution is 0.0941. The molecule has 0 bridgehead atoms. The van der Waals surface area contributed by atoms with Crippen molar-refractivity contribution in [1.82, 2.24) is 15.1 Å². The molecule has 5 nitrogen and oxygen atoms in total. The molecule has 1 aromatic carbocycles. The highest BCUT2D eigenvalue weighted by Gasteiger charge is 2.18. The first-order valence-corrected chi connectivity index (χ1v) is 9.60. The highest BCUT2D eigenvalue weighted by molar-refractivity contribution is 7.13. The van der Waals surface area contributed by atoms with E-state index in [9.17, 15) is 4.79 Å². The standard InChI is InChI=1S/C18H17Cl2N3O2S/c1-25-8-3-7-21-18(24)16-11-15(17-4-2-9-26-17)22-23(16)12-5-6-13(19)14(20)10-12/h2,4-6,9-11H,3,7-8H2,1H3,(H,21,24). The summed E-state index contributed by atoms with van der Waals surface area (Å²) in [7, 11) is 1.63. The van der Waals surface area contributed by atoms with Gasteiger partial charge in [0, 0.05) is 20.3 Å². The van der Waals surface area contributed by atoms with Crippen LogP contribution in [0.1, 0.15) is 16.9 Å². The van der Waals surface area contributed by atoms with Crippen molar-refractivity contribution in [2.45, 2.75) is 6.42 Å². The van der Waals surface area contributed by atoms with Gasteiger partial charge in [-0.3, -0.25) is 4.79 Å². The Labute approximate surface area is 165 Å². The Kier molecular flexibility index (Phi) is 6.32. The number of ether oxygens (including phenoxy) is 1. The third-order valence-corrected chi connectivity index (χ3v) is 5.31. The highest BCUT2D eigenvalue weighted by Crippen LogP contribution is 2.28. The van der Waals surface area contributed by atoms with Gasteiger partial charge in [0.15, 0.2) is 0 Å². The number of nitrogens with zero attached hydrogens (tertiary/aromatic N) is 2. The summed E-state index contributed by atoms with van der Waals surface area (Å²) in [5.74, 6) is -0.206. The van der Waals surface area contributed by atoms with Gasteiger partial charge in [-0.1, -0.05) is 29.3 Å². The maximum atomic E-state index is 12.7. The minimum absolute atomic E-state index is 0.206. The predicted octanol–water partition coefficient (Wildman–Crippen LogP) is 4.67. The zero-order valence-corrected chi connectivity index (χ0v) is 16.4. The fraction of sp³-hybridized carbons (Fsp3) is 0.222. The van der Waals surface area contributed by atoms with Crippen molar-refractivity contribution in [3.8, 4) is 16.3 Å². The van der Waals surface area contributed by atoms with E-state index in [1.54, 1.807) is 47.4 Å². The quantitative estimate of drug-likeness (QED) is 0.576. The summed E-state index contributed by atoms with van der Waals surface area (Å²) >= 11 is 13.7. The first-order valence-electron chi connectivity index (χ1n) is 7.96.